The van der Waals surface area contributed by atoms with E-state index in [-0.39, 0.29) is 17.5 Å². The Hall–Kier alpha value is -3.78. The third-order valence-electron chi connectivity index (χ3n) is 5.16. The molecule has 172 valence electrons. The highest BCUT2D eigenvalue weighted by Gasteiger charge is 2.23. The largest absolute Gasteiger partial charge is 0.326 e. The molecule has 1 N–H and O–H groups in total. The molecular weight excluding hydrogens is 451 g/mol. The van der Waals surface area contributed by atoms with Crippen molar-refractivity contribution < 1.29 is 14.0 Å². The van der Waals surface area contributed by atoms with Crippen molar-refractivity contribution in [3.05, 3.63) is 95.8 Å². The Balaban J connectivity index is 1.61. The van der Waals surface area contributed by atoms with Crippen LogP contribution in [0.5, 0.6) is 0 Å². The predicted molar refractivity (Wildman–Crippen MR) is 131 cm³/mol. The molecule has 1 atom stereocenters. The number of amides is 1. The number of aromatic nitrogens is 3. The van der Waals surface area contributed by atoms with Crippen LogP contribution in [0.25, 0.3) is 11.4 Å². The zero-order chi connectivity index (χ0) is 24.1. The lowest BCUT2D eigenvalue weighted by Gasteiger charge is -2.14. The van der Waals surface area contributed by atoms with Gasteiger partial charge in [-0.05, 0) is 48.9 Å². The Morgan fingerprint density at radius 3 is 2.32 bits per heavy atom. The molecule has 4 aromatic rings. The fraction of sp³-hybridized carbons (Fsp3) is 0.154. The summed E-state index contributed by atoms with van der Waals surface area (Å²) in [7, 11) is 0. The Morgan fingerprint density at radius 1 is 0.971 bits per heavy atom. The van der Waals surface area contributed by atoms with Gasteiger partial charge in [0.15, 0.2) is 16.8 Å². The van der Waals surface area contributed by atoms with Gasteiger partial charge in [-0.3, -0.25) is 14.2 Å². The van der Waals surface area contributed by atoms with Gasteiger partial charge in [0.1, 0.15) is 5.82 Å². The average molecular weight is 475 g/mol. The fourth-order valence-electron chi connectivity index (χ4n) is 3.49. The molecule has 0 spiro atoms. The maximum Gasteiger partial charge on any atom is 0.221 e. The van der Waals surface area contributed by atoms with Gasteiger partial charge in [-0.25, -0.2) is 4.39 Å². The van der Waals surface area contributed by atoms with Crippen LogP contribution in [-0.4, -0.2) is 31.7 Å². The highest BCUT2D eigenvalue weighted by molar-refractivity contribution is 8.00. The lowest BCUT2D eigenvalue weighted by atomic mass is 10.1. The summed E-state index contributed by atoms with van der Waals surface area (Å²) in [5.41, 5.74) is 2.51. The van der Waals surface area contributed by atoms with Gasteiger partial charge in [-0.1, -0.05) is 54.2 Å². The predicted octanol–water partition coefficient (Wildman–Crippen LogP) is 5.45. The van der Waals surface area contributed by atoms with Gasteiger partial charge in [0.2, 0.25) is 5.91 Å². The Morgan fingerprint density at radius 2 is 1.65 bits per heavy atom. The Bertz CT molecular complexity index is 1310. The van der Waals surface area contributed by atoms with E-state index in [0.717, 1.165) is 5.56 Å². The van der Waals surface area contributed by atoms with Crippen LogP contribution >= 0.6 is 11.8 Å². The summed E-state index contributed by atoms with van der Waals surface area (Å²) >= 11 is 1.28. The first-order chi connectivity index (χ1) is 16.4. The van der Waals surface area contributed by atoms with Crippen molar-refractivity contribution in [1.82, 2.24) is 14.8 Å². The second kappa shape index (κ2) is 10.4. The second-order valence-corrected chi connectivity index (χ2v) is 9.05. The molecule has 0 aliphatic carbocycles. The lowest BCUT2D eigenvalue weighted by Crippen LogP contribution is -2.15. The molecule has 0 saturated heterocycles. The van der Waals surface area contributed by atoms with E-state index in [0.29, 0.717) is 34.3 Å². The smallest absolute Gasteiger partial charge is 0.221 e. The lowest BCUT2D eigenvalue weighted by molar-refractivity contribution is -0.114. The van der Waals surface area contributed by atoms with E-state index in [1.807, 2.05) is 34.9 Å². The van der Waals surface area contributed by atoms with Gasteiger partial charge in [0.25, 0.3) is 0 Å². The van der Waals surface area contributed by atoms with E-state index in [9.17, 15) is 14.0 Å². The number of hydrogen-bond acceptors (Lipinski definition) is 5. The molecule has 0 fully saturated rings. The van der Waals surface area contributed by atoms with Crippen LogP contribution in [0, 0.1) is 5.82 Å². The maximum atomic E-state index is 14.6. The zero-order valence-corrected chi connectivity index (χ0v) is 19.6. The third-order valence-corrected chi connectivity index (χ3v) is 6.24. The van der Waals surface area contributed by atoms with Gasteiger partial charge in [-0.15, -0.1) is 10.2 Å². The molecule has 1 aromatic heterocycles. The van der Waals surface area contributed by atoms with Crippen LogP contribution in [0.4, 0.5) is 10.1 Å². The number of Topliss-reactive ketones (excluding diaryl/α,β-unsaturated/α-hetero) is 1. The van der Waals surface area contributed by atoms with Crippen molar-refractivity contribution >= 4 is 29.1 Å². The minimum atomic E-state index is -0.459. The zero-order valence-electron chi connectivity index (χ0n) is 18.7. The first-order valence-corrected chi connectivity index (χ1v) is 11.6. The molecular formula is C26H23FN4O2S. The molecule has 1 heterocycles. The molecule has 34 heavy (non-hydrogen) atoms. The number of halogens is 1. The van der Waals surface area contributed by atoms with E-state index >= 15 is 0 Å². The summed E-state index contributed by atoms with van der Waals surface area (Å²) in [5, 5.41) is 11.3. The van der Waals surface area contributed by atoms with Gasteiger partial charge in [0, 0.05) is 18.2 Å². The van der Waals surface area contributed by atoms with Crippen LogP contribution in [-0.2, 0) is 11.3 Å². The van der Waals surface area contributed by atoms with Gasteiger partial charge >= 0.3 is 0 Å². The Kier molecular flexibility index (Phi) is 7.18. The molecule has 4 rings (SSSR count). The van der Waals surface area contributed by atoms with Crippen molar-refractivity contribution in [2.45, 2.75) is 30.8 Å². The van der Waals surface area contributed by atoms with Crippen molar-refractivity contribution in [1.29, 1.82) is 0 Å². The van der Waals surface area contributed by atoms with Crippen LogP contribution in [0.15, 0.2) is 84.0 Å². The second-order valence-electron chi connectivity index (χ2n) is 7.74. The number of hydrogen-bond donors (Lipinski definition) is 1. The van der Waals surface area contributed by atoms with E-state index < -0.39 is 5.25 Å². The van der Waals surface area contributed by atoms with E-state index in [1.54, 1.807) is 49.4 Å². The van der Waals surface area contributed by atoms with E-state index in [1.165, 1.54) is 24.8 Å². The van der Waals surface area contributed by atoms with Crippen molar-refractivity contribution in [3.63, 3.8) is 0 Å². The fourth-order valence-corrected chi connectivity index (χ4v) is 4.42. The number of nitrogens with one attached hydrogen (secondary N) is 1. The third kappa shape index (κ3) is 5.40. The SMILES string of the molecule is CC(=O)Nc1ccc(C(=O)C(C)Sc2nnc(-c3ccccc3F)n2Cc2ccccc2)cc1. The van der Waals surface area contributed by atoms with E-state index in [2.05, 4.69) is 15.5 Å². The molecule has 1 amide bonds. The molecule has 0 aliphatic heterocycles. The first kappa shape index (κ1) is 23.4. The maximum absolute atomic E-state index is 14.6. The number of nitrogens with zero attached hydrogens (tertiary/aromatic N) is 3. The topological polar surface area (TPSA) is 76.9 Å². The van der Waals surface area contributed by atoms with Gasteiger partial charge in [0.05, 0.1) is 17.4 Å². The van der Waals surface area contributed by atoms with Crippen molar-refractivity contribution in [3.8, 4) is 11.4 Å². The molecule has 6 nitrogen and oxygen atoms in total. The number of ketones is 1. The molecule has 1 unspecified atom stereocenters. The molecule has 0 radical (unpaired) electrons. The minimum Gasteiger partial charge on any atom is -0.326 e. The molecule has 8 heteroatoms. The molecule has 0 saturated carbocycles. The summed E-state index contributed by atoms with van der Waals surface area (Å²) < 4.78 is 16.4. The molecule has 3 aromatic carbocycles. The van der Waals surface area contributed by atoms with E-state index in [4.69, 9.17) is 0 Å². The number of thioether (sulfide) groups is 1. The van der Waals surface area contributed by atoms with Crippen LogP contribution < -0.4 is 5.32 Å². The molecule has 0 aliphatic rings. The number of carbonyl (C=O) groups is 2. The number of rotatable bonds is 8. The monoisotopic (exact) mass is 474 g/mol. The molecule has 0 bridgehead atoms. The van der Waals surface area contributed by atoms with Gasteiger partial charge in [-0.2, -0.15) is 0 Å². The summed E-state index contributed by atoms with van der Waals surface area (Å²) in [4.78, 5) is 24.3. The van der Waals surface area contributed by atoms with Crippen LogP contribution in [0.3, 0.4) is 0 Å². The highest BCUT2D eigenvalue weighted by Crippen LogP contribution is 2.30. The number of carbonyl (C=O) groups excluding carboxylic acids is 2. The summed E-state index contributed by atoms with van der Waals surface area (Å²) in [5.74, 6) is -0.236. The van der Waals surface area contributed by atoms with Crippen LogP contribution in [0.1, 0.15) is 29.8 Å². The minimum absolute atomic E-state index is 0.0823. The van der Waals surface area contributed by atoms with Crippen molar-refractivity contribution in [2.75, 3.05) is 5.32 Å². The summed E-state index contributed by atoms with van der Waals surface area (Å²) in [6.45, 7) is 3.67. The highest BCUT2D eigenvalue weighted by atomic mass is 32.2. The Labute approximate surface area is 201 Å². The average Bonchev–Trinajstić information content (AvgIpc) is 3.21. The first-order valence-electron chi connectivity index (χ1n) is 10.7. The summed E-state index contributed by atoms with van der Waals surface area (Å²) in [6, 6.07) is 23.0. The number of anilines is 1. The normalized spacial score (nSPS) is 11.7. The quantitative estimate of drug-likeness (QED) is 0.271. The van der Waals surface area contributed by atoms with Crippen LogP contribution in [0.2, 0.25) is 0 Å². The standard InChI is InChI=1S/C26H23FN4O2S/c1-17(24(33)20-12-14-21(15-13-20)28-18(2)32)34-26-30-29-25(22-10-6-7-11-23(22)27)31(26)16-19-8-4-3-5-9-19/h3-15,17H,16H2,1-2H3,(H,28,32). The number of benzene rings is 3. The van der Waals surface area contributed by atoms with Crippen molar-refractivity contribution in [2.24, 2.45) is 0 Å². The van der Waals surface area contributed by atoms with Gasteiger partial charge < -0.3 is 5.32 Å². The summed E-state index contributed by atoms with van der Waals surface area (Å²) in [6.07, 6.45) is 0.